The SMILES string of the molecule is O=C(N[C@@H]1C[C@H]2CC[C@H]1O2)[C@H]1COCCN1CC(F)(F)F. The molecule has 0 saturated carbocycles. The van der Waals surface area contributed by atoms with E-state index in [9.17, 15) is 18.0 Å². The van der Waals surface area contributed by atoms with Crippen molar-refractivity contribution < 1.29 is 27.4 Å². The van der Waals surface area contributed by atoms with E-state index in [1.807, 2.05) is 0 Å². The number of morpholine rings is 1. The molecule has 21 heavy (non-hydrogen) atoms. The molecule has 5 nitrogen and oxygen atoms in total. The highest BCUT2D eigenvalue weighted by molar-refractivity contribution is 5.82. The average Bonchev–Trinajstić information content (AvgIpc) is 2.99. The molecule has 0 aromatic rings. The number of nitrogens with one attached hydrogen (secondary N) is 1. The van der Waals surface area contributed by atoms with Crippen LogP contribution in [0.3, 0.4) is 0 Å². The molecule has 0 radical (unpaired) electrons. The van der Waals surface area contributed by atoms with Crippen molar-refractivity contribution in [3.8, 4) is 0 Å². The summed E-state index contributed by atoms with van der Waals surface area (Å²) in [5.41, 5.74) is 0. The predicted molar refractivity (Wildman–Crippen MR) is 66.7 cm³/mol. The minimum atomic E-state index is -4.31. The van der Waals surface area contributed by atoms with Crippen LogP contribution in [0, 0.1) is 0 Å². The van der Waals surface area contributed by atoms with Crippen molar-refractivity contribution in [3.63, 3.8) is 0 Å². The van der Waals surface area contributed by atoms with Gasteiger partial charge in [-0.15, -0.1) is 0 Å². The summed E-state index contributed by atoms with van der Waals surface area (Å²) in [5.74, 6) is -0.389. The normalized spacial score (nSPS) is 36.9. The van der Waals surface area contributed by atoms with E-state index in [4.69, 9.17) is 9.47 Å². The van der Waals surface area contributed by atoms with Gasteiger partial charge in [-0.25, -0.2) is 0 Å². The van der Waals surface area contributed by atoms with E-state index in [-0.39, 0.29) is 43.9 Å². The zero-order valence-corrected chi connectivity index (χ0v) is 11.6. The van der Waals surface area contributed by atoms with Crippen LogP contribution in [0.4, 0.5) is 13.2 Å². The Labute approximate surface area is 120 Å². The second kappa shape index (κ2) is 5.73. The molecule has 4 atom stereocenters. The van der Waals surface area contributed by atoms with E-state index >= 15 is 0 Å². The molecule has 2 bridgehead atoms. The summed E-state index contributed by atoms with van der Waals surface area (Å²) in [6.07, 6.45) is -1.45. The molecule has 3 heterocycles. The smallest absolute Gasteiger partial charge is 0.378 e. The zero-order valence-electron chi connectivity index (χ0n) is 11.6. The van der Waals surface area contributed by atoms with E-state index in [1.165, 1.54) is 0 Å². The first-order valence-electron chi connectivity index (χ1n) is 7.27. The van der Waals surface area contributed by atoms with Crippen LogP contribution in [0.1, 0.15) is 19.3 Å². The molecule has 3 fully saturated rings. The van der Waals surface area contributed by atoms with E-state index in [1.54, 1.807) is 0 Å². The third-order valence-electron chi connectivity index (χ3n) is 4.36. The van der Waals surface area contributed by atoms with Gasteiger partial charge in [0.1, 0.15) is 6.04 Å². The van der Waals surface area contributed by atoms with Gasteiger partial charge >= 0.3 is 6.18 Å². The monoisotopic (exact) mass is 308 g/mol. The lowest BCUT2D eigenvalue weighted by atomic mass is 9.95. The minimum Gasteiger partial charge on any atom is -0.378 e. The molecule has 3 aliphatic rings. The largest absolute Gasteiger partial charge is 0.401 e. The second-order valence-electron chi connectivity index (χ2n) is 5.90. The summed E-state index contributed by atoms with van der Waals surface area (Å²) in [6, 6.07) is -0.953. The maximum atomic E-state index is 12.6. The van der Waals surface area contributed by atoms with Gasteiger partial charge in [-0.1, -0.05) is 0 Å². The van der Waals surface area contributed by atoms with Gasteiger partial charge in [0.2, 0.25) is 5.91 Å². The molecule has 0 unspecified atom stereocenters. The Kier molecular flexibility index (Phi) is 4.11. The van der Waals surface area contributed by atoms with Crippen LogP contribution >= 0.6 is 0 Å². The molecule has 3 rings (SSSR count). The molecule has 1 N–H and O–H groups in total. The summed E-state index contributed by atoms with van der Waals surface area (Å²) < 4.78 is 48.5. The molecule has 1 amide bonds. The lowest BCUT2D eigenvalue weighted by Gasteiger charge is -2.35. The van der Waals surface area contributed by atoms with Gasteiger partial charge in [-0.3, -0.25) is 9.69 Å². The van der Waals surface area contributed by atoms with Crippen molar-refractivity contribution in [3.05, 3.63) is 0 Å². The van der Waals surface area contributed by atoms with Crippen LogP contribution in [-0.2, 0) is 14.3 Å². The van der Waals surface area contributed by atoms with Crippen molar-refractivity contribution >= 4 is 5.91 Å². The Morgan fingerprint density at radius 3 is 2.76 bits per heavy atom. The van der Waals surface area contributed by atoms with Crippen LogP contribution in [0.25, 0.3) is 0 Å². The van der Waals surface area contributed by atoms with Gasteiger partial charge in [-0.2, -0.15) is 13.2 Å². The van der Waals surface area contributed by atoms with Crippen LogP contribution in [0.2, 0.25) is 0 Å². The standard InChI is InChI=1S/C13H19F3N2O3/c14-13(15,16)7-18-3-4-20-6-10(18)12(19)17-9-5-8-1-2-11(9)21-8/h8-11H,1-7H2,(H,17,19)/t8-,9-,10-,11-/m1/s1. The Bertz CT molecular complexity index is 405. The number of carbonyl (C=O) groups excluding carboxylic acids is 1. The third-order valence-corrected chi connectivity index (χ3v) is 4.36. The van der Waals surface area contributed by atoms with Crippen molar-refractivity contribution in [1.29, 1.82) is 0 Å². The number of halogens is 3. The Balaban J connectivity index is 1.59. The van der Waals surface area contributed by atoms with Crippen LogP contribution in [0.15, 0.2) is 0 Å². The average molecular weight is 308 g/mol. The third kappa shape index (κ3) is 3.49. The number of rotatable bonds is 3. The number of amides is 1. The molecule has 0 aromatic heterocycles. The first kappa shape index (κ1) is 15.1. The second-order valence-corrected chi connectivity index (χ2v) is 5.90. The number of nitrogens with zero attached hydrogens (tertiary/aromatic N) is 1. The maximum absolute atomic E-state index is 12.6. The number of fused-ring (bicyclic) bond motifs is 2. The molecule has 0 aliphatic carbocycles. The first-order valence-corrected chi connectivity index (χ1v) is 7.27. The predicted octanol–water partition coefficient (Wildman–Crippen LogP) is 0.686. The Hall–Kier alpha value is -0.860. The molecule has 8 heteroatoms. The van der Waals surface area contributed by atoms with Crippen LogP contribution < -0.4 is 5.32 Å². The molecule has 3 saturated heterocycles. The van der Waals surface area contributed by atoms with Gasteiger partial charge in [0.25, 0.3) is 0 Å². The van der Waals surface area contributed by atoms with Gasteiger partial charge in [0.05, 0.1) is 38.0 Å². The van der Waals surface area contributed by atoms with Gasteiger partial charge in [-0.05, 0) is 19.3 Å². The summed E-state index contributed by atoms with van der Waals surface area (Å²) in [5, 5.41) is 2.84. The highest BCUT2D eigenvalue weighted by Gasteiger charge is 2.43. The Morgan fingerprint density at radius 2 is 2.14 bits per heavy atom. The molecule has 0 spiro atoms. The number of carbonyl (C=O) groups is 1. The fourth-order valence-corrected chi connectivity index (χ4v) is 3.37. The van der Waals surface area contributed by atoms with E-state index in [2.05, 4.69) is 5.32 Å². The van der Waals surface area contributed by atoms with E-state index < -0.39 is 18.8 Å². The van der Waals surface area contributed by atoms with Crippen molar-refractivity contribution in [2.24, 2.45) is 0 Å². The molecular weight excluding hydrogens is 289 g/mol. The molecular formula is C13H19F3N2O3. The number of hydrogen-bond acceptors (Lipinski definition) is 4. The molecule has 0 aromatic carbocycles. The molecule has 120 valence electrons. The number of ether oxygens (including phenoxy) is 2. The lowest BCUT2D eigenvalue weighted by molar-refractivity contribution is -0.167. The number of hydrogen-bond donors (Lipinski definition) is 1. The number of alkyl halides is 3. The minimum absolute atomic E-state index is 0.00356. The Morgan fingerprint density at radius 1 is 1.33 bits per heavy atom. The summed E-state index contributed by atoms with van der Waals surface area (Å²) >= 11 is 0. The zero-order chi connectivity index (χ0) is 15.0. The van der Waals surface area contributed by atoms with Gasteiger partial charge in [0, 0.05) is 6.54 Å². The first-order chi connectivity index (χ1) is 9.92. The quantitative estimate of drug-likeness (QED) is 0.833. The highest BCUT2D eigenvalue weighted by Crippen LogP contribution is 2.34. The summed E-state index contributed by atoms with van der Waals surface area (Å²) in [6.45, 7) is -0.743. The van der Waals surface area contributed by atoms with Crippen molar-refractivity contribution in [2.75, 3.05) is 26.3 Å². The maximum Gasteiger partial charge on any atom is 0.401 e. The fourth-order valence-electron chi connectivity index (χ4n) is 3.37. The lowest BCUT2D eigenvalue weighted by Crippen LogP contribution is -2.58. The molecule has 3 aliphatic heterocycles. The van der Waals surface area contributed by atoms with Crippen LogP contribution in [-0.4, -0.2) is 67.6 Å². The fraction of sp³-hybridized carbons (Fsp3) is 0.923. The summed E-state index contributed by atoms with van der Waals surface area (Å²) in [4.78, 5) is 13.4. The van der Waals surface area contributed by atoms with E-state index in [0.717, 1.165) is 24.2 Å². The topological polar surface area (TPSA) is 50.8 Å². The van der Waals surface area contributed by atoms with Gasteiger partial charge < -0.3 is 14.8 Å². The highest BCUT2D eigenvalue weighted by atomic mass is 19.4. The van der Waals surface area contributed by atoms with Gasteiger partial charge in [0.15, 0.2) is 0 Å². The van der Waals surface area contributed by atoms with Crippen molar-refractivity contribution in [2.45, 2.75) is 49.7 Å². The van der Waals surface area contributed by atoms with Crippen LogP contribution in [0.5, 0.6) is 0 Å². The summed E-state index contributed by atoms with van der Waals surface area (Å²) in [7, 11) is 0. The van der Waals surface area contributed by atoms with E-state index in [0.29, 0.717) is 0 Å². The van der Waals surface area contributed by atoms with Crippen molar-refractivity contribution in [1.82, 2.24) is 10.2 Å².